The molecule has 0 N–H and O–H groups in total. The molecule has 0 spiro atoms. The lowest BCUT2D eigenvalue weighted by Gasteiger charge is -2.31. The van der Waals surface area contributed by atoms with E-state index in [1.54, 1.807) is 32.4 Å². The fourth-order valence-corrected chi connectivity index (χ4v) is 4.83. The molecule has 0 aromatic heterocycles. The first-order valence-corrected chi connectivity index (χ1v) is 11.3. The standard InChI is InChI=1S/C29H27NO3/c1-32-26-14-13-23(19-27(26)33-2)29(31)30-17-15-22(16-18-30)28-24-9-5-3-7-20(24)11-12-21-8-4-6-10-25(21)28/h3-14,19H,15-18H2,1-2H3. The summed E-state index contributed by atoms with van der Waals surface area (Å²) in [6.45, 7) is 1.40. The molecule has 5 rings (SSSR count). The molecule has 1 aliphatic carbocycles. The van der Waals surface area contributed by atoms with Crippen LogP contribution in [0.5, 0.6) is 11.5 Å². The number of ether oxygens (including phenoxy) is 2. The lowest BCUT2D eigenvalue weighted by atomic mass is 9.86. The summed E-state index contributed by atoms with van der Waals surface area (Å²) in [6.07, 6.45) is 6.13. The van der Waals surface area contributed by atoms with Crippen LogP contribution >= 0.6 is 0 Å². The maximum Gasteiger partial charge on any atom is 0.254 e. The van der Waals surface area contributed by atoms with Crippen LogP contribution < -0.4 is 9.47 Å². The second-order valence-electron chi connectivity index (χ2n) is 8.35. The van der Waals surface area contributed by atoms with Crippen LogP contribution in [0.25, 0.3) is 17.7 Å². The van der Waals surface area contributed by atoms with Gasteiger partial charge in [0.1, 0.15) is 0 Å². The van der Waals surface area contributed by atoms with E-state index in [4.69, 9.17) is 9.47 Å². The predicted molar refractivity (Wildman–Crippen MR) is 133 cm³/mol. The number of carbonyl (C=O) groups excluding carboxylic acids is 1. The third kappa shape index (κ3) is 3.93. The van der Waals surface area contributed by atoms with Crippen molar-refractivity contribution in [1.82, 2.24) is 4.90 Å². The molecule has 3 aromatic rings. The van der Waals surface area contributed by atoms with Crippen molar-refractivity contribution < 1.29 is 14.3 Å². The smallest absolute Gasteiger partial charge is 0.254 e. The highest BCUT2D eigenvalue weighted by atomic mass is 16.5. The average molecular weight is 438 g/mol. The van der Waals surface area contributed by atoms with E-state index < -0.39 is 0 Å². The molecule has 166 valence electrons. The first-order valence-electron chi connectivity index (χ1n) is 11.3. The monoisotopic (exact) mass is 437 g/mol. The van der Waals surface area contributed by atoms with E-state index in [0.717, 1.165) is 12.8 Å². The number of hydrogen-bond acceptors (Lipinski definition) is 3. The number of hydrogen-bond donors (Lipinski definition) is 0. The van der Waals surface area contributed by atoms with E-state index in [1.165, 1.54) is 33.4 Å². The van der Waals surface area contributed by atoms with Crippen LogP contribution in [0.1, 0.15) is 45.5 Å². The van der Waals surface area contributed by atoms with Crippen molar-refractivity contribution in [3.63, 3.8) is 0 Å². The molecule has 0 radical (unpaired) electrons. The zero-order valence-electron chi connectivity index (χ0n) is 19.0. The molecule has 1 heterocycles. The van der Waals surface area contributed by atoms with E-state index in [-0.39, 0.29) is 5.91 Å². The number of benzene rings is 3. The minimum absolute atomic E-state index is 0.0309. The Labute approximate surface area is 194 Å². The molecule has 0 unspecified atom stereocenters. The van der Waals surface area contributed by atoms with Crippen molar-refractivity contribution in [2.24, 2.45) is 0 Å². The maximum atomic E-state index is 13.2. The summed E-state index contributed by atoms with van der Waals surface area (Å²) in [4.78, 5) is 15.1. The number of piperidine rings is 1. The normalized spacial score (nSPS) is 14.9. The van der Waals surface area contributed by atoms with Crippen LogP contribution in [-0.2, 0) is 0 Å². The molecule has 2 aliphatic rings. The maximum absolute atomic E-state index is 13.2. The Kier molecular flexibility index (Phi) is 5.74. The second-order valence-corrected chi connectivity index (χ2v) is 8.35. The van der Waals surface area contributed by atoms with Crippen LogP contribution in [0.2, 0.25) is 0 Å². The average Bonchev–Trinajstić information content (AvgIpc) is 3.05. The topological polar surface area (TPSA) is 38.8 Å². The number of rotatable bonds is 3. The van der Waals surface area contributed by atoms with Gasteiger partial charge in [0.05, 0.1) is 14.2 Å². The van der Waals surface area contributed by atoms with Gasteiger partial charge in [-0.15, -0.1) is 0 Å². The lowest BCUT2D eigenvalue weighted by molar-refractivity contribution is 0.0743. The summed E-state index contributed by atoms with van der Waals surface area (Å²) in [5.41, 5.74) is 8.37. The highest BCUT2D eigenvalue weighted by molar-refractivity contribution is 5.96. The molecule has 1 saturated heterocycles. The van der Waals surface area contributed by atoms with Crippen molar-refractivity contribution in [3.05, 3.63) is 100 Å². The molecule has 1 fully saturated rings. The minimum Gasteiger partial charge on any atom is -0.493 e. The van der Waals surface area contributed by atoms with Crippen molar-refractivity contribution >= 4 is 23.6 Å². The summed E-state index contributed by atoms with van der Waals surface area (Å²) in [5, 5.41) is 0. The van der Waals surface area contributed by atoms with E-state index in [0.29, 0.717) is 30.2 Å². The van der Waals surface area contributed by atoms with Gasteiger partial charge in [-0.05, 0) is 58.9 Å². The Balaban J connectivity index is 1.45. The van der Waals surface area contributed by atoms with E-state index >= 15 is 0 Å². The van der Waals surface area contributed by atoms with Crippen LogP contribution in [0.4, 0.5) is 0 Å². The Hall–Kier alpha value is -3.79. The number of fused-ring (bicyclic) bond motifs is 2. The van der Waals surface area contributed by atoms with Gasteiger partial charge in [-0.1, -0.05) is 66.3 Å². The van der Waals surface area contributed by atoms with Gasteiger partial charge in [-0.25, -0.2) is 0 Å². The third-order valence-electron chi connectivity index (χ3n) is 6.54. The van der Waals surface area contributed by atoms with Gasteiger partial charge in [-0.2, -0.15) is 0 Å². The molecule has 0 bridgehead atoms. The largest absolute Gasteiger partial charge is 0.493 e. The summed E-state index contributed by atoms with van der Waals surface area (Å²) in [6, 6.07) is 22.5. The Bertz CT molecular complexity index is 1210. The van der Waals surface area contributed by atoms with Gasteiger partial charge in [0.2, 0.25) is 0 Å². The number of likely N-dealkylation sites (tertiary alicyclic amines) is 1. The summed E-state index contributed by atoms with van der Waals surface area (Å²) in [7, 11) is 3.18. The second kappa shape index (κ2) is 8.99. The molecule has 0 atom stereocenters. The fourth-order valence-electron chi connectivity index (χ4n) is 4.83. The molecular formula is C29H27NO3. The van der Waals surface area contributed by atoms with Crippen molar-refractivity contribution in [2.45, 2.75) is 12.8 Å². The zero-order valence-corrected chi connectivity index (χ0v) is 19.0. The van der Waals surface area contributed by atoms with Crippen LogP contribution in [0.15, 0.2) is 72.3 Å². The van der Waals surface area contributed by atoms with Gasteiger partial charge in [0, 0.05) is 18.7 Å². The number of carbonyl (C=O) groups is 1. The highest BCUT2D eigenvalue weighted by Crippen LogP contribution is 2.39. The Morgan fingerprint density at radius 2 is 1.33 bits per heavy atom. The number of methoxy groups -OCH3 is 2. The summed E-state index contributed by atoms with van der Waals surface area (Å²) < 4.78 is 10.7. The van der Waals surface area contributed by atoms with E-state index in [9.17, 15) is 4.79 Å². The zero-order chi connectivity index (χ0) is 22.8. The van der Waals surface area contributed by atoms with Crippen LogP contribution in [0.3, 0.4) is 0 Å². The fraction of sp³-hybridized carbons (Fsp3) is 0.207. The summed E-state index contributed by atoms with van der Waals surface area (Å²) >= 11 is 0. The van der Waals surface area contributed by atoms with Crippen molar-refractivity contribution in [3.8, 4) is 11.5 Å². The molecule has 3 aromatic carbocycles. The third-order valence-corrected chi connectivity index (χ3v) is 6.54. The van der Waals surface area contributed by atoms with Crippen molar-refractivity contribution in [1.29, 1.82) is 0 Å². The summed E-state index contributed by atoms with van der Waals surface area (Å²) in [5.74, 6) is 1.23. The minimum atomic E-state index is 0.0309. The molecule has 33 heavy (non-hydrogen) atoms. The van der Waals surface area contributed by atoms with E-state index in [2.05, 4.69) is 60.7 Å². The quantitative estimate of drug-likeness (QED) is 0.399. The lowest BCUT2D eigenvalue weighted by Crippen LogP contribution is -2.36. The van der Waals surface area contributed by atoms with Gasteiger partial charge >= 0.3 is 0 Å². The van der Waals surface area contributed by atoms with Crippen LogP contribution in [-0.4, -0.2) is 38.1 Å². The van der Waals surface area contributed by atoms with Gasteiger partial charge in [0.15, 0.2) is 11.5 Å². The predicted octanol–water partition coefficient (Wildman–Crippen LogP) is 5.93. The van der Waals surface area contributed by atoms with Gasteiger partial charge in [0.25, 0.3) is 5.91 Å². The molecule has 4 nitrogen and oxygen atoms in total. The van der Waals surface area contributed by atoms with Crippen LogP contribution in [0, 0.1) is 0 Å². The molecular weight excluding hydrogens is 410 g/mol. The number of nitrogens with zero attached hydrogens (tertiary/aromatic N) is 1. The molecule has 1 aliphatic heterocycles. The first-order chi connectivity index (χ1) is 16.2. The van der Waals surface area contributed by atoms with Crippen molar-refractivity contribution in [2.75, 3.05) is 27.3 Å². The molecule has 4 heteroatoms. The molecule has 1 amide bonds. The SMILES string of the molecule is COc1ccc(C(=O)N2CCC(=C3c4ccccc4C=Cc4ccccc43)CC2)cc1OC. The van der Waals surface area contributed by atoms with E-state index in [1.807, 2.05) is 4.90 Å². The number of amides is 1. The van der Waals surface area contributed by atoms with Gasteiger partial charge < -0.3 is 14.4 Å². The Morgan fingerprint density at radius 1 is 0.758 bits per heavy atom. The highest BCUT2D eigenvalue weighted by Gasteiger charge is 2.25. The molecule has 0 saturated carbocycles. The van der Waals surface area contributed by atoms with Gasteiger partial charge in [-0.3, -0.25) is 4.79 Å². The Morgan fingerprint density at radius 3 is 1.91 bits per heavy atom. The first kappa shape index (κ1) is 21.1.